The maximum Gasteiger partial charge on any atom is 0.321 e. The highest BCUT2D eigenvalue weighted by molar-refractivity contribution is 8.12. The summed E-state index contributed by atoms with van der Waals surface area (Å²) in [7, 11) is 0.432. The van der Waals surface area contributed by atoms with E-state index in [1.54, 1.807) is 0 Å². The molecule has 8 heteroatoms. The first kappa shape index (κ1) is 13.1. The van der Waals surface area contributed by atoms with Crippen LogP contribution in [0.25, 0.3) is 0 Å². The Kier molecular flexibility index (Phi) is 4.21. The largest absolute Gasteiger partial charge is 0.321 e. The van der Waals surface area contributed by atoms with Gasteiger partial charge in [-0.2, -0.15) is 8.42 Å². The summed E-state index contributed by atoms with van der Waals surface area (Å²) in [6, 6.07) is 0. The molecular formula is C6H8ClNO5S. The van der Waals surface area contributed by atoms with Crippen molar-refractivity contribution < 1.29 is 22.8 Å². The van der Waals surface area contributed by atoms with Gasteiger partial charge in [0.05, 0.1) is 0 Å². The summed E-state index contributed by atoms with van der Waals surface area (Å²) < 4.78 is 22.1. The van der Waals surface area contributed by atoms with Crippen LogP contribution in [0.4, 0.5) is 0 Å². The van der Waals surface area contributed by atoms with Gasteiger partial charge in [0.25, 0.3) is 5.91 Å². The van der Waals surface area contributed by atoms with Crippen molar-refractivity contribution in [2.45, 2.75) is 13.8 Å². The zero-order valence-electron chi connectivity index (χ0n) is 7.40. The normalized spacial score (nSPS) is 11.1. The predicted octanol–water partition coefficient (Wildman–Crippen LogP) is -0.620. The van der Waals surface area contributed by atoms with Crippen molar-refractivity contribution in [3.63, 3.8) is 0 Å². The number of amides is 1. The molecule has 6 nitrogen and oxygen atoms in total. The lowest BCUT2D eigenvalue weighted by molar-refractivity contribution is -0.138. The number of nitrogens with one attached hydrogen (secondary N) is 1. The minimum absolute atomic E-state index is 0.740. The fraction of sp³-hybridized carbons (Fsp3) is 0.500. The maximum absolute atomic E-state index is 11.0. The van der Waals surface area contributed by atoms with Gasteiger partial charge < -0.3 is 0 Å². The maximum atomic E-state index is 11.0. The van der Waals surface area contributed by atoms with E-state index >= 15 is 0 Å². The summed E-state index contributed by atoms with van der Waals surface area (Å²) in [5.41, 5.74) is 0. The number of ketones is 2. The molecule has 0 aromatic rings. The quantitative estimate of drug-likeness (QED) is 0.523. The molecule has 0 saturated heterocycles. The molecule has 0 aromatic heterocycles. The molecule has 0 heterocycles. The van der Waals surface area contributed by atoms with Crippen molar-refractivity contribution in [2.24, 2.45) is 5.92 Å². The third-order valence-corrected chi connectivity index (χ3v) is 1.97. The van der Waals surface area contributed by atoms with Gasteiger partial charge in [0.1, 0.15) is 11.6 Å². The van der Waals surface area contributed by atoms with Crippen LogP contribution in [0, 0.1) is 5.92 Å². The summed E-state index contributed by atoms with van der Waals surface area (Å²) in [5, 5.41) is 0. The van der Waals surface area contributed by atoms with Gasteiger partial charge in [0.15, 0.2) is 5.92 Å². The Balaban J connectivity index is 4.81. The zero-order chi connectivity index (χ0) is 11.5. The highest BCUT2D eigenvalue weighted by Gasteiger charge is 2.30. The summed E-state index contributed by atoms with van der Waals surface area (Å²) in [6.07, 6.45) is 0. The molecule has 1 N–H and O–H groups in total. The molecule has 0 rings (SSSR count). The van der Waals surface area contributed by atoms with E-state index in [2.05, 4.69) is 0 Å². The van der Waals surface area contributed by atoms with Crippen LogP contribution in [-0.4, -0.2) is 25.9 Å². The first-order valence-corrected chi connectivity index (χ1v) is 5.73. The average Bonchev–Trinajstić information content (AvgIpc) is 1.78. The van der Waals surface area contributed by atoms with Gasteiger partial charge in [0, 0.05) is 10.7 Å². The Labute approximate surface area is 85.2 Å². The Morgan fingerprint density at radius 1 is 1.14 bits per heavy atom. The van der Waals surface area contributed by atoms with Gasteiger partial charge in [-0.25, -0.2) is 4.72 Å². The lowest BCUT2D eigenvalue weighted by Crippen LogP contribution is -2.39. The average molecular weight is 242 g/mol. The van der Waals surface area contributed by atoms with Crippen molar-refractivity contribution in [2.75, 3.05) is 0 Å². The molecule has 0 aliphatic heterocycles. The van der Waals surface area contributed by atoms with E-state index in [1.165, 1.54) is 4.72 Å². The second-order valence-electron chi connectivity index (χ2n) is 2.56. The lowest BCUT2D eigenvalue weighted by Gasteiger charge is -2.07. The van der Waals surface area contributed by atoms with Gasteiger partial charge in [-0.15, -0.1) is 0 Å². The van der Waals surface area contributed by atoms with Gasteiger partial charge in [-0.3, -0.25) is 14.4 Å². The number of carbonyl (C=O) groups excluding carboxylic acids is 3. The van der Waals surface area contributed by atoms with E-state index in [4.69, 9.17) is 10.7 Å². The van der Waals surface area contributed by atoms with E-state index in [0.717, 1.165) is 13.8 Å². The van der Waals surface area contributed by atoms with Crippen LogP contribution < -0.4 is 4.72 Å². The fourth-order valence-electron chi connectivity index (χ4n) is 0.835. The molecular weight excluding hydrogens is 234 g/mol. The zero-order valence-corrected chi connectivity index (χ0v) is 8.98. The van der Waals surface area contributed by atoms with Crippen LogP contribution in [0.3, 0.4) is 0 Å². The van der Waals surface area contributed by atoms with Crippen LogP contribution in [0.1, 0.15) is 13.8 Å². The van der Waals surface area contributed by atoms with E-state index < -0.39 is 32.6 Å². The first-order chi connectivity index (χ1) is 6.15. The molecule has 0 aliphatic carbocycles. The van der Waals surface area contributed by atoms with E-state index in [1.807, 2.05) is 0 Å². The molecule has 0 saturated carbocycles. The first-order valence-electron chi connectivity index (χ1n) is 3.42. The molecule has 80 valence electrons. The van der Waals surface area contributed by atoms with Crippen LogP contribution in [-0.2, 0) is 23.6 Å². The number of rotatable bonds is 4. The van der Waals surface area contributed by atoms with Crippen LogP contribution in [0.5, 0.6) is 0 Å². The molecule has 0 unspecified atom stereocenters. The number of carbonyl (C=O) groups is 3. The summed E-state index contributed by atoms with van der Waals surface area (Å²) in [5.74, 6) is -4.34. The minimum atomic E-state index is -4.27. The van der Waals surface area contributed by atoms with Crippen LogP contribution in [0.2, 0.25) is 0 Å². The highest BCUT2D eigenvalue weighted by Crippen LogP contribution is 2.02. The second kappa shape index (κ2) is 4.52. The standard InChI is InChI=1S/C6H8ClNO5S/c1-3(9)5(4(2)10)6(11)8-14(7,12)13/h5H,1-2H3,(H,8,11). The van der Waals surface area contributed by atoms with Crippen molar-refractivity contribution in [3.8, 4) is 0 Å². The number of Topliss-reactive ketones (excluding diaryl/α,β-unsaturated/α-hetero) is 2. The highest BCUT2D eigenvalue weighted by atomic mass is 35.7. The third kappa shape index (κ3) is 4.33. The SMILES string of the molecule is CC(=O)C(C(C)=O)C(=O)NS(=O)(=O)Cl. The Morgan fingerprint density at radius 3 is 1.71 bits per heavy atom. The Hall–Kier alpha value is -0.950. The molecule has 1 amide bonds. The van der Waals surface area contributed by atoms with E-state index in [0.29, 0.717) is 0 Å². The molecule has 0 atom stereocenters. The molecule has 0 radical (unpaired) electrons. The Morgan fingerprint density at radius 2 is 1.50 bits per heavy atom. The summed E-state index contributed by atoms with van der Waals surface area (Å²) in [6.45, 7) is 2.01. The number of hydrogen-bond donors (Lipinski definition) is 1. The number of hydrogen-bond acceptors (Lipinski definition) is 5. The van der Waals surface area contributed by atoms with Crippen molar-refractivity contribution in [1.82, 2.24) is 4.72 Å². The van der Waals surface area contributed by atoms with E-state index in [-0.39, 0.29) is 0 Å². The minimum Gasteiger partial charge on any atom is -0.299 e. The van der Waals surface area contributed by atoms with Crippen molar-refractivity contribution >= 4 is 37.4 Å². The van der Waals surface area contributed by atoms with Crippen LogP contribution >= 0.6 is 10.7 Å². The monoisotopic (exact) mass is 241 g/mol. The molecule has 14 heavy (non-hydrogen) atoms. The molecule has 0 spiro atoms. The van der Waals surface area contributed by atoms with Gasteiger partial charge >= 0.3 is 9.24 Å². The summed E-state index contributed by atoms with van der Waals surface area (Å²) in [4.78, 5) is 32.6. The fourth-order valence-corrected chi connectivity index (χ4v) is 1.42. The number of halogens is 1. The van der Waals surface area contributed by atoms with Gasteiger partial charge in [-0.1, -0.05) is 0 Å². The van der Waals surface area contributed by atoms with Gasteiger partial charge in [-0.05, 0) is 13.8 Å². The summed E-state index contributed by atoms with van der Waals surface area (Å²) >= 11 is 0. The topological polar surface area (TPSA) is 97.4 Å². The van der Waals surface area contributed by atoms with Crippen molar-refractivity contribution in [3.05, 3.63) is 0 Å². The molecule has 0 fully saturated rings. The predicted molar refractivity (Wildman–Crippen MR) is 47.8 cm³/mol. The molecule has 0 aromatic carbocycles. The second-order valence-corrected chi connectivity index (χ2v) is 4.86. The lowest BCUT2D eigenvalue weighted by atomic mass is 10.0. The third-order valence-electron chi connectivity index (χ3n) is 1.30. The molecule has 0 aliphatic rings. The molecule has 0 bridgehead atoms. The van der Waals surface area contributed by atoms with Crippen molar-refractivity contribution in [1.29, 1.82) is 0 Å². The Bertz CT molecular complexity index is 360. The van der Waals surface area contributed by atoms with Crippen LogP contribution in [0.15, 0.2) is 0 Å². The van der Waals surface area contributed by atoms with Gasteiger partial charge in [0.2, 0.25) is 0 Å². The van der Waals surface area contributed by atoms with E-state index in [9.17, 15) is 22.8 Å². The smallest absolute Gasteiger partial charge is 0.299 e.